The SMILES string of the molecule is COC(=O)NOc1cc(/C(C)=N/OCc2cccc(C(F)(F)F)n2)ccc1Cl. The molecule has 150 valence electrons. The second kappa shape index (κ2) is 9.27. The van der Waals surface area contributed by atoms with Crippen molar-refractivity contribution in [3.8, 4) is 5.75 Å². The van der Waals surface area contributed by atoms with E-state index < -0.39 is 18.0 Å². The van der Waals surface area contributed by atoms with Gasteiger partial charge in [-0.1, -0.05) is 28.9 Å². The summed E-state index contributed by atoms with van der Waals surface area (Å²) in [6.07, 6.45) is -5.35. The molecule has 1 aromatic heterocycles. The van der Waals surface area contributed by atoms with E-state index in [0.29, 0.717) is 11.3 Å². The lowest BCUT2D eigenvalue weighted by molar-refractivity contribution is -0.141. The molecule has 0 unspecified atom stereocenters. The number of benzene rings is 1. The van der Waals surface area contributed by atoms with Gasteiger partial charge in [0, 0.05) is 5.56 Å². The van der Waals surface area contributed by atoms with Gasteiger partial charge in [0.25, 0.3) is 0 Å². The van der Waals surface area contributed by atoms with Crippen LogP contribution in [0, 0.1) is 0 Å². The summed E-state index contributed by atoms with van der Waals surface area (Å²) in [5, 5.41) is 4.07. The van der Waals surface area contributed by atoms with Crippen LogP contribution >= 0.6 is 11.6 Å². The van der Waals surface area contributed by atoms with Crippen LogP contribution in [0.15, 0.2) is 41.6 Å². The van der Waals surface area contributed by atoms with Gasteiger partial charge >= 0.3 is 12.3 Å². The molecule has 1 amide bonds. The van der Waals surface area contributed by atoms with E-state index in [1.165, 1.54) is 31.4 Å². The molecule has 1 N–H and O–H groups in total. The molecule has 0 bridgehead atoms. The molecule has 7 nitrogen and oxygen atoms in total. The van der Waals surface area contributed by atoms with Gasteiger partial charge in [-0.25, -0.2) is 9.78 Å². The van der Waals surface area contributed by atoms with Gasteiger partial charge in [0.05, 0.1) is 23.5 Å². The summed E-state index contributed by atoms with van der Waals surface area (Å²) in [4.78, 5) is 24.6. The van der Waals surface area contributed by atoms with Gasteiger partial charge in [0.1, 0.15) is 5.69 Å². The zero-order valence-corrected chi connectivity index (χ0v) is 15.5. The van der Waals surface area contributed by atoms with Gasteiger partial charge in [-0.2, -0.15) is 18.7 Å². The van der Waals surface area contributed by atoms with Gasteiger partial charge < -0.3 is 14.4 Å². The quantitative estimate of drug-likeness (QED) is 0.558. The highest BCUT2D eigenvalue weighted by atomic mass is 35.5. The molecular weight excluding hydrogens is 403 g/mol. The third kappa shape index (κ3) is 6.02. The summed E-state index contributed by atoms with van der Waals surface area (Å²) in [6, 6.07) is 8.13. The van der Waals surface area contributed by atoms with Crippen LogP contribution in [0.3, 0.4) is 0 Å². The predicted molar refractivity (Wildman–Crippen MR) is 93.9 cm³/mol. The molecule has 0 spiro atoms. The van der Waals surface area contributed by atoms with Crippen molar-refractivity contribution in [2.45, 2.75) is 19.7 Å². The molecule has 0 atom stereocenters. The number of hydrogen-bond donors (Lipinski definition) is 1. The molecule has 0 aliphatic heterocycles. The minimum Gasteiger partial charge on any atom is -0.451 e. The number of carbonyl (C=O) groups excluding carboxylic acids is 1. The minimum absolute atomic E-state index is 0.0776. The molecule has 0 saturated carbocycles. The molecule has 2 rings (SSSR count). The Balaban J connectivity index is 2.04. The zero-order valence-electron chi connectivity index (χ0n) is 14.7. The molecule has 11 heteroatoms. The number of methoxy groups -OCH3 is 1. The Morgan fingerprint density at radius 1 is 1.29 bits per heavy atom. The lowest BCUT2D eigenvalue weighted by atomic mass is 10.1. The number of aromatic nitrogens is 1. The van der Waals surface area contributed by atoms with Crippen LogP contribution in [0.2, 0.25) is 5.02 Å². The number of oxime groups is 1. The van der Waals surface area contributed by atoms with E-state index in [2.05, 4.69) is 14.9 Å². The van der Waals surface area contributed by atoms with E-state index in [9.17, 15) is 18.0 Å². The number of nitrogens with zero attached hydrogens (tertiary/aromatic N) is 2. The number of nitrogens with one attached hydrogen (secondary N) is 1. The molecule has 1 heterocycles. The Morgan fingerprint density at radius 3 is 2.71 bits per heavy atom. The van der Waals surface area contributed by atoms with Crippen LogP contribution in [0.1, 0.15) is 23.9 Å². The lowest BCUT2D eigenvalue weighted by Crippen LogP contribution is -2.26. The van der Waals surface area contributed by atoms with Crippen molar-refractivity contribution in [2.24, 2.45) is 5.16 Å². The number of carbonyl (C=O) groups is 1. The Kier molecular flexibility index (Phi) is 7.05. The fourth-order valence-electron chi connectivity index (χ4n) is 1.91. The molecular formula is C17H15ClF3N3O4. The van der Waals surface area contributed by atoms with Crippen LogP contribution in [0.4, 0.5) is 18.0 Å². The van der Waals surface area contributed by atoms with Crippen LogP contribution in [0.25, 0.3) is 0 Å². The standard InChI is InChI=1S/C17H15ClF3N3O4/c1-10(11-6-7-13(18)14(8-11)28-24-16(25)26-2)23-27-9-12-4-3-5-15(22-12)17(19,20)21/h3-8H,9H2,1-2H3,(H,24,25)/b23-10+. The smallest absolute Gasteiger partial charge is 0.440 e. The molecule has 2 aromatic rings. The van der Waals surface area contributed by atoms with Crippen molar-refractivity contribution < 1.29 is 32.4 Å². The topological polar surface area (TPSA) is 82.0 Å². The van der Waals surface area contributed by atoms with E-state index in [1.807, 2.05) is 5.48 Å². The predicted octanol–water partition coefficient (Wildman–Crippen LogP) is 4.34. The van der Waals surface area contributed by atoms with E-state index in [0.717, 1.165) is 6.07 Å². The third-order valence-corrected chi connectivity index (χ3v) is 3.60. The fourth-order valence-corrected chi connectivity index (χ4v) is 2.07. The molecule has 0 aliphatic carbocycles. The number of alkyl halides is 3. The highest BCUT2D eigenvalue weighted by molar-refractivity contribution is 6.32. The van der Waals surface area contributed by atoms with Crippen molar-refractivity contribution in [3.63, 3.8) is 0 Å². The second-order valence-corrected chi connectivity index (χ2v) is 5.71. The van der Waals surface area contributed by atoms with E-state index >= 15 is 0 Å². The van der Waals surface area contributed by atoms with Crippen molar-refractivity contribution in [3.05, 3.63) is 58.4 Å². The Labute approximate surface area is 163 Å². The number of rotatable bonds is 6. The Bertz CT molecular complexity index is 875. The molecule has 0 fully saturated rings. The average molecular weight is 418 g/mol. The fraction of sp³-hybridized carbons (Fsp3) is 0.235. The zero-order chi connectivity index (χ0) is 20.7. The molecule has 0 aliphatic rings. The Hall–Kier alpha value is -3.01. The van der Waals surface area contributed by atoms with Crippen molar-refractivity contribution in [2.75, 3.05) is 7.11 Å². The Morgan fingerprint density at radius 2 is 2.04 bits per heavy atom. The summed E-state index contributed by atoms with van der Waals surface area (Å²) in [6.45, 7) is 1.36. The molecule has 0 saturated heterocycles. The number of ether oxygens (including phenoxy) is 1. The summed E-state index contributed by atoms with van der Waals surface area (Å²) >= 11 is 5.98. The van der Waals surface area contributed by atoms with Crippen LogP contribution in [-0.4, -0.2) is 23.9 Å². The maximum atomic E-state index is 12.7. The van der Waals surface area contributed by atoms with Crippen LogP contribution in [-0.2, 0) is 22.4 Å². The van der Waals surface area contributed by atoms with Gasteiger partial charge in [-0.05, 0) is 31.2 Å². The normalized spacial score (nSPS) is 11.7. The first-order valence-corrected chi connectivity index (χ1v) is 8.09. The molecule has 1 aromatic carbocycles. The number of halogens is 4. The highest BCUT2D eigenvalue weighted by Gasteiger charge is 2.32. The summed E-state index contributed by atoms with van der Waals surface area (Å²) in [7, 11) is 1.17. The largest absolute Gasteiger partial charge is 0.451 e. The number of pyridine rings is 1. The van der Waals surface area contributed by atoms with Gasteiger partial charge in [-0.3, -0.25) is 0 Å². The second-order valence-electron chi connectivity index (χ2n) is 5.30. The lowest BCUT2D eigenvalue weighted by Gasteiger charge is -2.09. The van der Waals surface area contributed by atoms with Crippen LogP contribution < -0.4 is 10.3 Å². The first kappa shape index (κ1) is 21.3. The first-order chi connectivity index (χ1) is 13.2. The molecule has 28 heavy (non-hydrogen) atoms. The summed E-state index contributed by atoms with van der Waals surface area (Å²) in [5.41, 5.74) is 2.03. The van der Waals surface area contributed by atoms with Crippen LogP contribution in [0.5, 0.6) is 5.75 Å². The number of hydroxylamine groups is 1. The maximum Gasteiger partial charge on any atom is 0.440 e. The number of hydrogen-bond acceptors (Lipinski definition) is 6. The van der Waals surface area contributed by atoms with Gasteiger partial charge in [-0.15, -0.1) is 0 Å². The maximum absolute atomic E-state index is 12.7. The summed E-state index contributed by atoms with van der Waals surface area (Å²) in [5.74, 6) is 0.138. The third-order valence-electron chi connectivity index (χ3n) is 3.29. The van der Waals surface area contributed by atoms with Crippen molar-refractivity contribution >= 4 is 23.4 Å². The highest BCUT2D eigenvalue weighted by Crippen LogP contribution is 2.27. The average Bonchev–Trinajstić information content (AvgIpc) is 2.66. The summed E-state index contributed by atoms with van der Waals surface area (Å²) < 4.78 is 42.3. The van der Waals surface area contributed by atoms with Crippen molar-refractivity contribution in [1.29, 1.82) is 0 Å². The van der Waals surface area contributed by atoms with E-state index in [4.69, 9.17) is 21.3 Å². The van der Waals surface area contributed by atoms with Crippen molar-refractivity contribution in [1.82, 2.24) is 10.5 Å². The monoisotopic (exact) mass is 417 g/mol. The van der Waals surface area contributed by atoms with Gasteiger partial charge in [0.15, 0.2) is 12.4 Å². The minimum atomic E-state index is -4.53. The van der Waals surface area contributed by atoms with E-state index in [1.54, 1.807) is 13.0 Å². The van der Waals surface area contributed by atoms with Gasteiger partial charge in [0.2, 0.25) is 0 Å². The molecule has 0 radical (unpaired) electrons. The number of amides is 1. The van der Waals surface area contributed by atoms with E-state index in [-0.39, 0.29) is 23.1 Å². The first-order valence-electron chi connectivity index (χ1n) is 7.71.